The molecule has 0 fully saturated rings. The Labute approximate surface area is 77.4 Å². The van der Waals surface area contributed by atoms with E-state index < -0.39 is 0 Å². The SMILES string of the molecule is CC.N/C(Cl)=C\c1cc[nH]c1N. The van der Waals surface area contributed by atoms with Crippen LogP contribution < -0.4 is 11.5 Å². The highest BCUT2D eigenvalue weighted by atomic mass is 35.5. The zero-order chi connectivity index (χ0) is 9.56. The van der Waals surface area contributed by atoms with Gasteiger partial charge in [0.2, 0.25) is 0 Å². The van der Waals surface area contributed by atoms with Crippen molar-refractivity contribution >= 4 is 23.5 Å². The molecule has 12 heavy (non-hydrogen) atoms. The lowest BCUT2D eigenvalue weighted by atomic mass is 10.3. The highest BCUT2D eigenvalue weighted by Gasteiger charge is 1.94. The quantitative estimate of drug-likeness (QED) is 0.590. The van der Waals surface area contributed by atoms with Gasteiger partial charge in [-0.2, -0.15) is 0 Å². The molecule has 0 aliphatic heterocycles. The van der Waals surface area contributed by atoms with Crippen LogP contribution in [0, 0.1) is 0 Å². The Morgan fingerprint density at radius 2 is 2.17 bits per heavy atom. The number of hydrogen-bond donors (Lipinski definition) is 3. The van der Waals surface area contributed by atoms with Crippen molar-refractivity contribution in [1.82, 2.24) is 4.98 Å². The molecule has 0 radical (unpaired) electrons. The summed E-state index contributed by atoms with van der Waals surface area (Å²) in [5, 5.41) is 0.228. The van der Waals surface area contributed by atoms with Gasteiger partial charge >= 0.3 is 0 Å². The molecule has 0 atom stereocenters. The summed E-state index contributed by atoms with van der Waals surface area (Å²) in [6, 6.07) is 1.80. The second kappa shape index (κ2) is 5.55. The molecule has 1 aromatic heterocycles. The maximum atomic E-state index is 5.47. The zero-order valence-electron chi connectivity index (χ0n) is 7.26. The number of aromatic nitrogens is 1. The number of anilines is 1. The lowest BCUT2D eigenvalue weighted by Gasteiger charge is -1.89. The first kappa shape index (κ1) is 10.9. The Kier molecular flexibility index (Phi) is 5.04. The number of nitrogens with two attached hydrogens (primary N) is 2. The fourth-order valence-corrected chi connectivity index (χ4v) is 0.786. The number of nitrogens with one attached hydrogen (secondary N) is 1. The summed E-state index contributed by atoms with van der Waals surface area (Å²) >= 11 is 5.41. The van der Waals surface area contributed by atoms with Crippen molar-refractivity contribution in [2.24, 2.45) is 5.73 Å². The minimum absolute atomic E-state index is 0.228. The van der Waals surface area contributed by atoms with Crippen LogP contribution in [0.3, 0.4) is 0 Å². The molecule has 0 saturated carbocycles. The van der Waals surface area contributed by atoms with Crippen LogP contribution in [0.25, 0.3) is 6.08 Å². The molecule has 0 amide bonds. The van der Waals surface area contributed by atoms with E-state index in [2.05, 4.69) is 4.98 Å². The first-order valence-corrected chi connectivity index (χ1v) is 4.13. The van der Waals surface area contributed by atoms with Crippen molar-refractivity contribution in [1.29, 1.82) is 0 Å². The number of nitrogen functional groups attached to an aromatic ring is 1. The van der Waals surface area contributed by atoms with Gasteiger partial charge in [-0.3, -0.25) is 0 Å². The monoisotopic (exact) mass is 187 g/mol. The number of halogens is 1. The van der Waals surface area contributed by atoms with Crippen LogP contribution >= 0.6 is 11.6 Å². The first-order chi connectivity index (χ1) is 5.70. The fraction of sp³-hybridized carbons (Fsp3) is 0.250. The van der Waals surface area contributed by atoms with Crippen molar-refractivity contribution in [3.63, 3.8) is 0 Å². The first-order valence-electron chi connectivity index (χ1n) is 3.75. The smallest absolute Gasteiger partial charge is 0.108 e. The number of H-pyrrole nitrogens is 1. The van der Waals surface area contributed by atoms with Crippen LogP contribution in [-0.2, 0) is 0 Å². The third-order valence-corrected chi connectivity index (χ3v) is 1.22. The standard InChI is InChI=1S/C6H8ClN3.C2H6/c7-5(8)3-4-1-2-10-6(4)9;1-2/h1-3,10H,8-9H2;1-2H3/b5-3-;. The molecule has 0 unspecified atom stereocenters. The van der Waals surface area contributed by atoms with E-state index in [9.17, 15) is 0 Å². The van der Waals surface area contributed by atoms with E-state index in [4.69, 9.17) is 23.1 Å². The van der Waals surface area contributed by atoms with Crippen molar-refractivity contribution in [2.45, 2.75) is 13.8 Å². The Balaban J connectivity index is 0.000000561. The van der Waals surface area contributed by atoms with Gasteiger partial charge in [0.1, 0.15) is 5.82 Å². The molecular weight excluding hydrogens is 174 g/mol. The topological polar surface area (TPSA) is 67.8 Å². The summed E-state index contributed by atoms with van der Waals surface area (Å²) in [7, 11) is 0. The van der Waals surface area contributed by atoms with Crippen LogP contribution in [-0.4, -0.2) is 4.98 Å². The molecule has 0 bridgehead atoms. The molecule has 1 rings (SSSR count). The maximum absolute atomic E-state index is 5.47. The number of rotatable bonds is 1. The van der Waals surface area contributed by atoms with E-state index in [1.165, 1.54) is 0 Å². The van der Waals surface area contributed by atoms with E-state index in [1.54, 1.807) is 18.3 Å². The second-order valence-corrected chi connectivity index (χ2v) is 2.31. The molecule has 0 aliphatic rings. The van der Waals surface area contributed by atoms with Crippen LogP contribution in [0.1, 0.15) is 19.4 Å². The van der Waals surface area contributed by atoms with Gasteiger partial charge in [-0.05, 0) is 12.1 Å². The molecule has 0 aliphatic carbocycles. The van der Waals surface area contributed by atoms with Crippen LogP contribution in [0.4, 0.5) is 5.82 Å². The largest absolute Gasteiger partial charge is 0.389 e. The van der Waals surface area contributed by atoms with Gasteiger partial charge in [-0.25, -0.2) is 0 Å². The van der Waals surface area contributed by atoms with Gasteiger partial charge in [0.05, 0.1) is 5.16 Å². The van der Waals surface area contributed by atoms with Gasteiger partial charge in [-0.15, -0.1) is 0 Å². The van der Waals surface area contributed by atoms with Gasteiger partial charge < -0.3 is 16.5 Å². The average Bonchev–Trinajstić information content (AvgIpc) is 2.40. The zero-order valence-corrected chi connectivity index (χ0v) is 8.02. The fourth-order valence-electron chi connectivity index (χ4n) is 0.669. The van der Waals surface area contributed by atoms with E-state index in [1.807, 2.05) is 13.8 Å². The third-order valence-electron chi connectivity index (χ3n) is 1.11. The van der Waals surface area contributed by atoms with Gasteiger partial charge in [0, 0.05) is 11.8 Å². The van der Waals surface area contributed by atoms with Gasteiger partial charge in [0.15, 0.2) is 0 Å². The number of hydrogen-bond acceptors (Lipinski definition) is 2. The molecule has 3 nitrogen and oxygen atoms in total. The summed E-state index contributed by atoms with van der Waals surface area (Å²) in [5.41, 5.74) is 11.5. The molecule has 1 heterocycles. The van der Waals surface area contributed by atoms with Crippen LogP contribution in [0.5, 0.6) is 0 Å². The Bertz CT molecular complexity index is 249. The predicted octanol–water partition coefficient (Wildman–Crippen LogP) is 2.12. The molecule has 4 heteroatoms. The van der Waals surface area contributed by atoms with Gasteiger partial charge in [-0.1, -0.05) is 25.4 Å². The molecule has 1 aromatic rings. The second-order valence-electron chi connectivity index (χ2n) is 1.88. The van der Waals surface area contributed by atoms with Crippen LogP contribution in [0.2, 0.25) is 0 Å². The normalized spacial score (nSPS) is 10.4. The lowest BCUT2D eigenvalue weighted by molar-refractivity contribution is 1.41. The van der Waals surface area contributed by atoms with Crippen molar-refractivity contribution in [3.8, 4) is 0 Å². The molecule has 0 saturated heterocycles. The van der Waals surface area contributed by atoms with Crippen LogP contribution in [0.15, 0.2) is 17.4 Å². The Morgan fingerprint density at radius 1 is 1.58 bits per heavy atom. The minimum atomic E-state index is 0.228. The summed E-state index contributed by atoms with van der Waals surface area (Å²) in [4.78, 5) is 2.79. The minimum Gasteiger partial charge on any atom is -0.389 e. The summed E-state index contributed by atoms with van der Waals surface area (Å²) in [6.07, 6.45) is 3.31. The Morgan fingerprint density at radius 3 is 2.50 bits per heavy atom. The maximum Gasteiger partial charge on any atom is 0.108 e. The molecule has 0 aromatic carbocycles. The van der Waals surface area contributed by atoms with Crippen molar-refractivity contribution < 1.29 is 0 Å². The average molecular weight is 188 g/mol. The van der Waals surface area contributed by atoms with Crippen molar-refractivity contribution in [2.75, 3.05) is 5.73 Å². The number of aromatic amines is 1. The predicted molar refractivity (Wildman–Crippen MR) is 54.6 cm³/mol. The summed E-state index contributed by atoms with van der Waals surface area (Å²) in [6.45, 7) is 4.00. The van der Waals surface area contributed by atoms with Crippen molar-refractivity contribution in [3.05, 3.63) is 23.0 Å². The van der Waals surface area contributed by atoms with E-state index in [-0.39, 0.29) is 5.16 Å². The molecular formula is C8H14ClN3. The van der Waals surface area contributed by atoms with E-state index in [0.29, 0.717) is 5.82 Å². The third kappa shape index (κ3) is 3.34. The highest BCUT2D eigenvalue weighted by molar-refractivity contribution is 6.30. The Hall–Kier alpha value is -1.09. The molecule has 5 N–H and O–H groups in total. The highest BCUT2D eigenvalue weighted by Crippen LogP contribution is 2.12. The molecule has 68 valence electrons. The van der Waals surface area contributed by atoms with E-state index in [0.717, 1.165) is 5.56 Å². The summed E-state index contributed by atoms with van der Waals surface area (Å²) in [5.74, 6) is 0.573. The lowest BCUT2D eigenvalue weighted by Crippen LogP contribution is -1.89. The van der Waals surface area contributed by atoms with Gasteiger partial charge in [0.25, 0.3) is 0 Å². The van der Waals surface area contributed by atoms with E-state index >= 15 is 0 Å². The summed E-state index contributed by atoms with van der Waals surface area (Å²) < 4.78 is 0. The molecule has 0 spiro atoms.